The maximum absolute atomic E-state index is 12.6. The topological polar surface area (TPSA) is 32.3 Å². The van der Waals surface area contributed by atoms with E-state index in [1.165, 1.54) is 0 Å². The number of likely N-dealkylation sites (tertiary alicyclic amines) is 1. The maximum atomic E-state index is 12.6. The summed E-state index contributed by atoms with van der Waals surface area (Å²) in [5, 5.41) is 3.15. The largest absolute Gasteiger partial charge is 0.339 e. The minimum Gasteiger partial charge on any atom is -0.339 e. The Hall–Kier alpha value is -1.14. The van der Waals surface area contributed by atoms with Crippen molar-refractivity contribution in [3.05, 3.63) is 29.8 Å². The second-order valence-corrected chi connectivity index (χ2v) is 6.53. The zero-order chi connectivity index (χ0) is 15.9. The van der Waals surface area contributed by atoms with Crippen LogP contribution in [0.15, 0.2) is 29.2 Å². The molecule has 1 aromatic carbocycles. The third-order valence-electron chi connectivity index (χ3n) is 4.04. The lowest BCUT2D eigenvalue weighted by Gasteiger charge is -2.32. The van der Waals surface area contributed by atoms with Crippen LogP contribution in [0, 0.1) is 5.92 Å². The molecular formula is C16H22F2N2OS. The van der Waals surface area contributed by atoms with Gasteiger partial charge >= 0.3 is 0 Å². The first-order chi connectivity index (χ1) is 10.6. The minimum absolute atomic E-state index is 0.129. The summed E-state index contributed by atoms with van der Waals surface area (Å²) in [6, 6.07) is 6.64. The van der Waals surface area contributed by atoms with Gasteiger partial charge in [-0.15, -0.1) is 0 Å². The number of piperidine rings is 1. The number of hydrogen-bond acceptors (Lipinski definition) is 3. The summed E-state index contributed by atoms with van der Waals surface area (Å²) in [5.74, 6) is -2.00. The summed E-state index contributed by atoms with van der Waals surface area (Å²) in [6.45, 7) is 2.41. The monoisotopic (exact) mass is 328 g/mol. The molecule has 22 heavy (non-hydrogen) atoms. The van der Waals surface area contributed by atoms with Crippen molar-refractivity contribution in [1.82, 2.24) is 10.2 Å². The molecule has 1 heterocycles. The predicted molar refractivity (Wildman–Crippen MR) is 85.5 cm³/mol. The molecule has 1 N–H and O–H groups in total. The Kier molecular flexibility index (Phi) is 6.64. The fraction of sp³-hybridized carbons (Fsp3) is 0.562. The molecular weight excluding hydrogens is 306 g/mol. The Morgan fingerprint density at radius 3 is 2.68 bits per heavy atom. The smallest absolute Gasteiger partial charge is 0.288 e. The van der Waals surface area contributed by atoms with Crippen molar-refractivity contribution >= 4 is 17.7 Å². The molecule has 122 valence electrons. The third-order valence-corrected chi connectivity index (χ3v) is 4.83. The van der Waals surface area contributed by atoms with E-state index < -0.39 is 5.76 Å². The van der Waals surface area contributed by atoms with Gasteiger partial charge in [0, 0.05) is 18.0 Å². The maximum Gasteiger partial charge on any atom is 0.288 e. The number of carbonyl (C=O) groups is 1. The standard InChI is InChI=1S/C16H22F2N2OS/c1-19-9-6-12-7-10-20(11-8-12)15(21)13-4-2-3-5-14(13)22-16(17)18/h2-5,12,16,19H,6-11H2,1H3. The average molecular weight is 328 g/mol. The average Bonchev–Trinajstić information content (AvgIpc) is 2.53. The number of thioether (sulfide) groups is 1. The van der Waals surface area contributed by atoms with Crippen LogP contribution in [0.2, 0.25) is 0 Å². The van der Waals surface area contributed by atoms with E-state index in [4.69, 9.17) is 0 Å². The van der Waals surface area contributed by atoms with Gasteiger partial charge in [-0.25, -0.2) is 0 Å². The number of nitrogens with one attached hydrogen (secondary N) is 1. The van der Waals surface area contributed by atoms with Crippen LogP contribution in [0.5, 0.6) is 0 Å². The molecule has 0 aliphatic carbocycles. The SMILES string of the molecule is CNCCC1CCN(C(=O)c2ccccc2SC(F)F)CC1. The first kappa shape index (κ1) is 17.2. The predicted octanol–water partition coefficient (Wildman–Crippen LogP) is 3.46. The number of rotatable bonds is 6. The van der Waals surface area contributed by atoms with Crippen LogP contribution < -0.4 is 5.32 Å². The Morgan fingerprint density at radius 2 is 2.05 bits per heavy atom. The molecule has 0 atom stereocenters. The van der Waals surface area contributed by atoms with E-state index in [1.54, 1.807) is 29.2 Å². The molecule has 1 fully saturated rings. The number of alkyl halides is 2. The van der Waals surface area contributed by atoms with E-state index >= 15 is 0 Å². The lowest BCUT2D eigenvalue weighted by atomic mass is 9.93. The zero-order valence-electron chi connectivity index (χ0n) is 12.7. The third kappa shape index (κ3) is 4.68. The van der Waals surface area contributed by atoms with Gasteiger partial charge in [0.15, 0.2) is 0 Å². The summed E-state index contributed by atoms with van der Waals surface area (Å²) >= 11 is 0.440. The molecule has 0 aromatic heterocycles. The fourth-order valence-corrected chi connectivity index (χ4v) is 3.42. The normalized spacial score (nSPS) is 16.3. The van der Waals surface area contributed by atoms with Crippen molar-refractivity contribution in [3.63, 3.8) is 0 Å². The minimum atomic E-state index is -2.51. The van der Waals surface area contributed by atoms with Gasteiger partial charge in [0.25, 0.3) is 11.7 Å². The summed E-state index contributed by atoms with van der Waals surface area (Å²) < 4.78 is 25.2. The van der Waals surface area contributed by atoms with Crippen molar-refractivity contribution < 1.29 is 13.6 Å². The number of carbonyl (C=O) groups excluding carboxylic acids is 1. The highest BCUT2D eigenvalue weighted by molar-refractivity contribution is 7.99. The van der Waals surface area contributed by atoms with E-state index in [9.17, 15) is 13.6 Å². The summed E-state index contributed by atoms with van der Waals surface area (Å²) in [5.41, 5.74) is 0.390. The van der Waals surface area contributed by atoms with Crippen molar-refractivity contribution in [2.24, 2.45) is 5.92 Å². The summed E-state index contributed by atoms with van der Waals surface area (Å²) in [6.07, 6.45) is 3.09. The second kappa shape index (κ2) is 8.48. The molecule has 0 radical (unpaired) electrons. The van der Waals surface area contributed by atoms with E-state index in [1.807, 2.05) is 7.05 Å². The molecule has 0 bridgehead atoms. The van der Waals surface area contributed by atoms with E-state index in [0.29, 0.717) is 41.2 Å². The van der Waals surface area contributed by atoms with Crippen LogP contribution in [0.4, 0.5) is 8.78 Å². The molecule has 2 rings (SSSR count). The highest BCUT2D eigenvalue weighted by atomic mass is 32.2. The van der Waals surface area contributed by atoms with Crippen LogP contribution >= 0.6 is 11.8 Å². The number of hydrogen-bond donors (Lipinski definition) is 1. The van der Waals surface area contributed by atoms with Gasteiger partial charge in [0.1, 0.15) is 0 Å². The molecule has 1 saturated heterocycles. The van der Waals surface area contributed by atoms with Crippen LogP contribution in [-0.2, 0) is 0 Å². The Balaban J connectivity index is 1.98. The number of halogens is 2. The highest BCUT2D eigenvalue weighted by Gasteiger charge is 2.25. The summed E-state index contributed by atoms with van der Waals surface area (Å²) in [4.78, 5) is 14.7. The lowest BCUT2D eigenvalue weighted by molar-refractivity contribution is 0.0683. The van der Waals surface area contributed by atoms with Crippen molar-refractivity contribution in [1.29, 1.82) is 0 Å². The fourth-order valence-electron chi connectivity index (χ4n) is 2.79. The van der Waals surface area contributed by atoms with Gasteiger partial charge in [0.2, 0.25) is 0 Å². The molecule has 3 nitrogen and oxygen atoms in total. The molecule has 6 heteroatoms. The molecule has 1 amide bonds. The second-order valence-electron chi connectivity index (χ2n) is 5.50. The van der Waals surface area contributed by atoms with Crippen molar-refractivity contribution in [2.45, 2.75) is 29.9 Å². The lowest BCUT2D eigenvalue weighted by Crippen LogP contribution is -2.39. The van der Waals surface area contributed by atoms with Crippen LogP contribution in [0.1, 0.15) is 29.6 Å². The van der Waals surface area contributed by atoms with E-state index in [0.717, 1.165) is 25.8 Å². The van der Waals surface area contributed by atoms with Gasteiger partial charge in [-0.1, -0.05) is 23.9 Å². The van der Waals surface area contributed by atoms with Gasteiger partial charge in [-0.2, -0.15) is 8.78 Å². The number of amides is 1. The van der Waals surface area contributed by atoms with Gasteiger partial charge in [0.05, 0.1) is 5.56 Å². The molecule has 1 aliphatic heterocycles. The van der Waals surface area contributed by atoms with Crippen LogP contribution in [-0.4, -0.2) is 43.2 Å². The van der Waals surface area contributed by atoms with Gasteiger partial charge < -0.3 is 10.2 Å². The molecule has 1 aliphatic rings. The zero-order valence-corrected chi connectivity index (χ0v) is 13.5. The Morgan fingerprint density at radius 1 is 1.36 bits per heavy atom. The first-order valence-corrected chi connectivity index (χ1v) is 8.47. The van der Waals surface area contributed by atoms with Crippen LogP contribution in [0.25, 0.3) is 0 Å². The first-order valence-electron chi connectivity index (χ1n) is 7.59. The highest BCUT2D eigenvalue weighted by Crippen LogP contribution is 2.30. The van der Waals surface area contributed by atoms with Crippen LogP contribution in [0.3, 0.4) is 0 Å². The molecule has 0 spiro atoms. The van der Waals surface area contributed by atoms with Crippen molar-refractivity contribution in [2.75, 3.05) is 26.7 Å². The summed E-state index contributed by atoms with van der Waals surface area (Å²) in [7, 11) is 1.94. The van der Waals surface area contributed by atoms with E-state index in [-0.39, 0.29) is 5.91 Å². The molecule has 0 saturated carbocycles. The number of nitrogens with zero attached hydrogens (tertiary/aromatic N) is 1. The molecule has 1 aromatic rings. The Labute approximate surface area is 134 Å². The van der Waals surface area contributed by atoms with Crippen molar-refractivity contribution in [3.8, 4) is 0 Å². The van der Waals surface area contributed by atoms with Gasteiger partial charge in [-0.3, -0.25) is 4.79 Å². The quantitative estimate of drug-likeness (QED) is 0.812. The van der Waals surface area contributed by atoms with Gasteiger partial charge in [-0.05, 0) is 50.9 Å². The number of benzene rings is 1. The van der Waals surface area contributed by atoms with E-state index in [2.05, 4.69) is 5.32 Å². The molecule has 0 unspecified atom stereocenters. The Bertz CT molecular complexity index is 491.